The van der Waals surface area contributed by atoms with E-state index in [4.69, 9.17) is 6.58 Å². The Morgan fingerprint density at radius 3 is 2.40 bits per heavy atom. The summed E-state index contributed by atoms with van der Waals surface area (Å²) in [6.45, 7) is 5.71. The monoisotopic (exact) mass is 372 g/mol. The molecule has 0 saturated carbocycles. The number of allylic oxidation sites excluding steroid dienone is 3. The molecule has 0 spiro atoms. The molecule has 1 aromatic rings. The molecule has 0 saturated heterocycles. The molecule has 78 valence electrons. The first-order valence-corrected chi connectivity index (χ1v) is 5.95. The van der Waals surface area contributed by atoms with Gasteiger partial charge in [-0.3, -0.25) is 0 Å². The van der Waals surface area contributed by atoms with Gasteiger partial charge in [-0.2, -0.15) is 0 Å². The Balaban J connectivity index is 3.17. The van der Waals surface area contributed by atoms with Crippen molar-refractivity contribution >= 4 is 15.7 Å². The SMILES string of the molecule is [CH-]=C(/C=C\[CH]=[W])c1c(N(C)C)c(=O)c1=O. The van der Waals surface area contributed by atoms with E-state index in [0.717, 1.165) is 0 Å². The van der Waals surface area contributed by atoms with E-state index in [0.29, 0.717) is 16.8 Å². The average molecular weight is 372 g/mol. The van der Waals surface area contributed by atoms with Gasteiger partial charge < -0.3 is 0 Å². The zero-order valence-corrected chi connectivity index (χ0v) is 11.4. The summed E-state index contributed by atoms with van der Waals surface area (Å²) in [6.07, 6.45) is 3.40. The molecule has 0 radical (unpaired) electrons. The van der Waals surface area contributed by atoms with E-state index < -0.39 is 10.9 Å². The van der Waals surface area contributed by atoms with Crippen LogP contribution in [0.25, 0.3) is 5.57 Å². The van der Waals surface area contributed by atoms with E-state index in [9.17, 15) is 9.59 Å². The Kier molecular flexibility index (Phi) is 3.70. The van der Waals surface area contributed by atoms with E-state index in [2.05, 4.69) is 0 Å². The van der Waals surface area contributed by atoms with Crippen molar-refractivity contribution in [3.8, 4) is 0 Å². The van der Waals surface area contributed by atoms with Gasteiger partial charge >= 0.3 is 98.8 Å². The molecule has 0 bridgehead atoms. The van der Waals surface area contributed by atoms with Gasteiger partial charge in [-0.15, -0.1) is 0 Å². The van der Waals surface area contributed by atoms with Crippen molar-refractivity contribution in [3.63, 3.8) is 0 Å². The van der Waals surface area contributed by atoms with Gasteiger partial charge in [0.2, 0.25) is 0 Å². The molecule has 1 aromatic carbocycles. The van der Waals surface area contributed by atoms with E-state index in [1.807, 2.05) is 4.40 Å². The van der Waals surface area contributed by atoms with E-state index in [1.54, 1.807) is 31.1 Å². The van der Waals surface area contributed by atoms with Crippen molar-refractivity contribution < 1.29 is 19.4 Å². The van der Waals surface area contributed by atoms with Crippen molar-refractivity contribution in [2.45, 2.75) is 0 Å². The topological polar surface area (TPSA) is 37.4 Å². The Morgan fingerprint density at radius 1 is 1.33 bits per heavy atom. The van der Waals surface area contributed by atoms with Crippen LogP contribution in [0, 0.1) is 6.58 Å². The first-order chi connectivity index (χ1) is 7.00. The standard InChI is InChI=1S/C11H10NO2.W/c1-5-6-7(2)8-9(12(3)4)11(14)10(8)13;/h1-2,5-6H,3-4H3;/q-1;/b6-5-;. The summed E-state index contributed by atoms with van der Waals surface area (Å²) in [5, 5.41) is 0. The number of nitrogens with zero attached hydrogens (tertiary/aromatic N) is 1. The third kappa shape index (κ3) is 2.13. The molecule has 0 aliphatic heterocycles. The van der Waals surface area contributed by atoms with Crippen molar-refractivity contribution in [1.82, 2.24) is 0 Å². The van der Waals surface area contributed by atoms with Crippen molar-refractivity contribution in [2.24, 2.45) is 0 Å². The number of hydrogen-bond donors (Lipinski definition) is 0. The summed E-state index contributed by atoms with van der Waals surface area (Å²) in [5.74, 6) is 0. The second-order valence-corrected chi connectivity index (χ2v) is 4.20. The van der Waals surface area contributed by atoms with E-state index in [1.165, 1.54) is 19.4 Å². The molecule has 15 heavy (non-hydrogen) atoms. The second kappa shape index (κ2) is 4.63. The Morgan fingerprint density at radius 2 is 1.93 bits per heavy atom. The Labute approximate surface area is 98.8 Å². The molecule has 0 amide bonds. The molecule has 0 N–H and O–H groups in total. The van der Waals surface area contributed by atoms with Crippen LogP contribution in [0.15, 0.2) is 21.7 Å². The van der Waals surface area contributed by atoms with Gasteiger partial charge in [0.1, 0.15) is 0 Å². The summed E-state index contributed by atoms with van der Waals surface area (Å²) in [4.78, 5) is 24.2. The first-order valence-electron chi connectivity index (χ1n) is 4.26. The van der Waals surface area contributed by atoms with Crippen LogP contribution in [0.3, 0.4) is 0 Å². The molecule has 0 aliphatic carbocycles. The average Bonchev–Trinajstić information content (AvgIpc) is 2.20. The van der Waals surface area contributed by atoms with Crippen LogP contribution < -0.4 is 15.8 Å². The van der Waals surface area contributed by atoms with Crippen molar-refractivity contribution in [3.05, 3.63) is 44.7 Å². The molecule has 4 heteroatoms. The molecular weight excluding hydrogens is 362 g/mol. The fourth-order valence-electron chi connectivity index (χ4n) is 1.30. The summed E-state index contributed by atoms with van der Waals surface area (Å²) >= 11 is 1.30. The van der Waals surface area contributed by atoms with Crippen molar-refractivity contribution in [2.75, 3.05) is 19.0 Å². The Hall–Kier alpha value is -1.08. The van der Waals surface area contributed by atoms with Crippen LogP contribution in [0.4, 0.5) is 5.69 Å². The van der Waals surface area contributed by atoms with Crippen LogP contribution in [0.2, 0.25) is 0 Å². The third-order valence-electron chi connectivity index (χ3n) is 1.98. The molecular formula is C11H10NO2W-. The van der Waals surface area contributed by atoms with Gasteiger partial charge in [0.05, 0.1) is 0 Å². The van der Waals surface area contributed by atoms with Gasteiger partial charge in [0, 0.05) is 0 Å². The predicted molar refractivity (Wildman–Crippen MR) is 58.6 cm³/mol. The molecule has 0 aliphatic rings. The minimum atomic E-state index is -0.496. The Bertz CT molecular complexity index is 505. The third-order valence-corrected chi connectivity index (χ3v) is 2.54. The van der Waals surface area contributed by atoms with E-state index >= 15 is 0 Å². The number of rotatable bonds is 4. The summed E-state index contributed by atoms with van der Waals surface area (Å²) in [5.41, 5.74) is 0.117. The molecule has 3 nitrogen and oxygen atoms in total. The van der Waals surface area contributed by atoms with Crippen LogP contribution in [-0.4, -0.2) is 18.5 Å². The molecule has 0 heterocycles. The van der Waals surface area contributed by atoms with Gasteiger partial charge in [-0.1, -0.05) is 0 Å². The molecule has 0 fully saturated rings. The second-order valence-electron chi connectivity index (χ2n) is 3.23. The van der Waals surface area contributed by atoms with Gasteiger partial charge in [-0.25, -0.2) is 0 Å². The van der Waals surface area contributed by atoms with Gasteiger partial charge in [0.25, 0.3) is 0 Å². The summed E-state index contributed by atoms with van der Waals surface area (Å²) in [6, 6.07) is 0. The normalized spacial score (nSPS) is 10.8. The molecule has 1 rings (SSSR count). The van der Waals surface area contributed by atoms with Gasteiger partial charge in [0.15, 0.2) is 0 Å². The fourth-order valence-corrected chi connectivity index (χ4v) is 1.58. The first kappa shape index (κ1) is 12.0. The van der Waals surface area contributed by atoms with E-state index in [-0.39, 0.29) is 0 Å². The minimum absolute atomic E-state index is 0.332. The molecule has 0 unspecified atom stereocenters. The number of hydrogen-bond acceptors (Lipinski definition) is 3. The van der Waals surface area contributed by atoms with Crippen LogP contribution in [-0.2, 0) is 19.4 Å². The molecule has 0 atom stereocenters. The van der Waals surface area contributed by atoms with Crippen molar-refractivity contribution in [1.29, 1.82) is 0 Å². The molecule has 0 aromatic heterocycles. The summed E-state index contributed by atoms with van der Waals surface area (Å²) in [7, 11) is 3.43. The zero-order valence-electron chi connectivity index (χ0n) is 8.48. The maximum atomic E-state index is 11.3. The van der Waals surface area contributed by atoms with Crippen LogP contribution in [0.1, 0.15) is 5.56 Å². The quantitative estimate of drug-likeness (QED) is 0.427. The number of anilines is 1. The van der Waals surface area contributed by atoms with Crippen LogP contribution in [0.5, 0.6) is 0 Å². The van der Waals surface area contributed by atoms with Gasteiger partial charge in [-0.05, 0) is 0 Å². The predicted octanol–water partition coefficient (Wildman–Crippen LogP) is 0.0702. The van der Waals surface area contributed by atoms with Crippen LogP contribution >= 0.6 is 0 Å². The summed E-state index contributed by atoms with van der Waals surface area (Å²) < 4.78 is 1.88. The zero-order chi connectivity index (χ0) is 11.6. The maximum absolute atomic E-state index is 11.3. The fraction of sp³-hybridized carbons (Fsp3) is 0.182.